The van der Waals surface area contributed by atoms with Crippen molar-refractivity contribution in [2.24, 2.45) is 5.92 Å². The molecule has 1 aromatic carbocycles. The molecule has 1 atom stereocenters. The van der Waals surface area contributed by atoms with Crippen LogP contribution in [-0.2, 0) is 10.0 Å². The van der Waals surface area contributed by atoms with Gasteiger partial charge in [-0.1, -0.05) is 6.07 Å². The second kappa shape index (κ2) is 6.66. The number of hydrogen-bond acceptors (Lipinski definition) is 4. The molecule has 1 aliphatic heterocycles. The molecular formula is C15H25N3O2S. The number of benzene rings is 1. The van der Waals surface area contributed by atoms with E-state index in [9.17, 15) is 8.42 Å². The number of sulfonamides is 1. The van der Waals surface area contributed by atoms with Crippen LogP contribution in [0.15, 0.2) is 24.3 Å². The fourth-order valence-corrected chi connectivity index (χ4v) is 3.87. The second-order valence-electron chi connectivity index (χ2n) is 5.76. The predicted octanol–water partition coefficient (Wildman–Crippen LogP) is 1.77. The maximum Gasteiger partial charge on any atom is 0.211 e. The smallest absolute Gasteiger partial charge is 0.211 e. The first kappa shape index (κ1) is 16.1. The van der Waals surface area contributed by atoms with Crippen LogP contribution in [0.4, 0.5) is 11.4 Å². The molecule has 0 spiro atoms. The molecule has 2 N–H and O–H groups in total. The number of nitrogens with two attached hydrogens (primary N) is 1. The SMILES string of the molecule is CCN(CC1CCCN(S(C)(=O)=O)C1)c1cccc(N)c1. The number of nitrogens with zero attached hydrogens (tertiary/aromatic N) is 2. The highest BCUT2D eigenvalue weighted by molar-refractivity contribution is 7.88. The maximum atomic E-state index is 11.7. The summed E-state index contributed by atoms with van der Waals surface area (Å²) in [5.74, 6) is 0.370. The lowest BCUT2D eigenvalue weighted by Gasteiger charge is -2.35. The van der Waals surface area contributed by atoms with Crippen LogP contribution in [0.3, 0.4) is 0 Å². The molecular weight excluding hydrogens is 286 g/mol. The van der Waals surface area contributed by atoms with E-state index in [1.807, 2.05) is 18.2 Å². The topological polar surface area (TPSA) is 66.6 Å². The van der Waals surface area contributed by atoms with Gasteiger partial charge in [0.25, 0.3) is 0 Å². The Morgan fingerprint density at radius 2 is 2.19 bits per heavy atom. The molecule has 1 fully saturated rings. The Kier molecular flexibility index (Phi) is 5.11. The van der Waals surface area contributed by atoms with Gasteiger partial charge in [-0.2, -0.15) is 0 Å². The van der Waals surface area contributed by atoms with Crippen molar-refractivity contribution in [3.05, 3.63) is 24.3 Å². The van der Waals surface area contributed by atoms with Gasteiger partial charge in [-0.3, -0.25) is 0 Å². The van der Waals surface area contributed by atoms with Crippen LogP contribution in [0.1, 0.15) is 19.8 Å². The van der Waals surface area contributed by atoms with Crippen molar-refractivity contribution < 1.29 is 8.42 Å². The minimum atomic E-state index is -3.08. The molecule has 0 aromatic heterocycles. The van der Waals surface area contributed by atoms with Crippen LogP contribution in [0.25, 0.3) is 0 Å². The number of anilines is 2. The molecule has 0 amide bonds. The molecule has 6 heteroatoms. The third-order valence-electron chi connectivity index (χ3n) is 4.05. The Morgan fingerprint density at radius 3 is 2.81 bits per heavy atom. The standard InChI is InChI=1S/C15H25N3O2S/c1-3-17(15-8-4-7-14(16)10-15)11-13-6-5-9-18(12-13)21(2,19)20/h4,7-8,10,13H,3,5-6,9,11-12,16H2,1-2H3. The summed E-state index contributed by atoms with van der Waals surface area (Å²) in [5, 5.41) is 0. The van der Waals surface area contributed by atoms with Gasteiger partial charge < -0.3 is 10.6 Å². The first-order valence-electron chi connectivity index (χ1n) is 7.45. The normalized spacial score (nSPS) is 20.4. The van der Waals surface area contributed by atoms with E-state index in [1.54, 1.807) is 4.31 Å². The van der Waals surface area contributed by atoms with Crippen LogP contribution in [-0.4, -0.2) is 45.2 Å². The molecule has 1 aromatic rings. The Hall–Kier alpha value is -1.27. The van der Waals surface area contributed by atoms with E-state index in [0.717, 1.165) is 37.3 Å². The van der Waals surface area contributed by atoms with Gasteiger partial charge in [0.05, 0.1) is 6.26 Å². The summed E-state index contributed by atoms with van der Waals surface area (Å²) in [5.41, 5.74) is 7.71. The summed E-state index contributed by atoms with van der Waals surface area (Å²) in [7, 11) is -3.08. The molecule has 1 aliphatic rings. The van der Waals surface area contributed by atoms with Crippen molar-refractivity contribution in [1.29, 1.82) is 0 Å². The third kappa shape index (κ3) is 4.35. The summed E-state index contributed by atoms with van der Waals surface area (Å²) in [4.78, 5) is 2.27. The van der Waals surface area contributed by atoms with Crippen LogP contribution in [0, 0.1) is 5.92 Å². The van der Waals surface area contributed by atoms with E-state index in [4.69, 9.17) is 5.73 Å². The van der Waals surface area contributed by atoms with Crippen molar-refractivity contribution in [2.75, 3.05) is 43.1 Å². The van der Waals surface area contributed by atoms with Gasteiger partial charge in [0, 0.05) is 37.6 Å². The average molecular weight is 311 g/mol. The largest absolute Gasteiger partial charge is 0.399 e. The van der Waals surface area contributed by atoms with E-state index in [0.29, 0.717) is 19.0 Å². The molecule has 0 saturated carbocycles. The first-order chi connectivity index (χ1) is 9.90. The molecule has 0 aliphatic carbocycles. The third-order valence-corrected chi connectivity index (χ3v) is 5.32. The van der Waals surface area contributed by atoms with E-state index in [-0.39, 0.29) is 0 Å². The van der Waals surface area contributed by atoms with Gasteiger partial charge in [-0.05, 0) is 43.9 Å². The monoisotopic (exact) mass is 311 g/mol. The maximum absolute atomic E-state index is 11.7. The van der Waals surface area contributed by atoms with Gasteiger partial charge in [-0.25, -0.2) is 12.7 Å². The molecule has 0 radical (unpaired) electrons. The van der Waals surface area contributed by atoms with Crippen LogP contribution in [0.2, 0.25) is 0 Å². The molecule has 1 heterocycles. The van der Waals surface area contributed by atoms with Gasteiger partial charge in [0.1, 0.15) is 0 Å². The summed E-state index contributed by atoms with van der Waals surface area (Å²) in [6, 6.07) is 7.86. The highest BCUT2D eigenvalue weighted by atomic mass is 32.2. The number of nitrogen functional groups attached to an aromatic ring is 1. The van der Waals surface area contributed by atoms with Crippen LogP contribution >= 0.6 is 0 Å². The van der Waals surface area contributed by atoms with Crippen LogP contribution < -0.4 is 10.6 Å². The summed E-state index contributed by atoms with van der Waals surface area (Å²) in [6.45, 7) is 5.14. The number of piperidine rings is 1. The zero-order valence-electron chi connectivity index (χ0n) is 12.8. The summed E-state index contributed by atoms with van der Waals surface area (Å²) < 4.78 is 25.0. The van der Waals surface area contributed by atoms with Crippen molar-refractivity contribution in [1.82, 2.24) is 4.31 Å². The zero-order chi connectivity index (χ0) is 15.5. The second-order valence-corrected chi connectivity index (χ2v) is 7.75. The Balaban J connectivity index is 2.05. The average Bonchev–Trinajstić information content (AvgIpc) is 2.44. The van der Waals surface area contributed by atoms with E-state index in [1.165, 1.54) is 6.26 Å². The molecule has 0 bridgehead atoms. The molecule has 2 rings (SSSR count). The number of hydrogen-bond donors (Lipinski definition) is 1. The molecule has 1 unspecified atom stereocenters. The quantitative estimate of drug-likeness (QED) is 0.842. The van der Waals surface area contributed by atoms with Gasteiger partial charge in [0.2, 0.25) is 10.0 Å². The van der Waals surface area contributed by atoms with E-state index >= 15 is 0 Å². The van der Waals surface area contributed by atoms with Gasteiger partial charge in [-0.15, -0.1) is 0 Å². The first-order valence-corrected chi connectivity index (χ1v) is 9.30. The van der Waals surface area contributed by atoms with Crippen molar-refractivity contribution in [3.8, 4) is 0 Å². The lowest BCUT2D eigenvalue weighted by molar-refractivity contribution is 0.270. The Morgan fingerprint density at radius 1 is 1.43 bits per heavy atom. The molecule has 1 saturated heterocycles. The fourth-order valence-electron chi connectivity index (χ4n) is 2.93. The summed E-state index contributed by atoms with van der Waals surface area (Å²) >= 11 is 0. The van der Waals surface area contributed by atoms with E-state index in [2.05, 4.69) is 17.9 Å². The molecule has 21 heavy (non-hydrogen) atoms. The minimum absolute atomic E-state index is 0.370. The van der Waals surface area contributed by atoms with Gasteiger partial charge in [0.15, 0.2) is 0 Å². The van der Waals surface area contributed by atoms with Crippen molar-refractivity contribution in [2.45, 2.75) is 19.8 Å². The van der Waals surface area contributed by atoms with Crippen molar-refractivity contribution >= 4 is 21.4 Å². The summed E-state index contributed by atoms with van der Waals surface area (Å²) in [6.07, 6.45) is 3.31. The van der Waals surface area contributed by atoms with Crippen molar-refractivity contribution in [3.63, 3.8) is 0 Å². The zero-order valence-corrected chi connectivity index (χ0v) is 13.6. The Labute approximate surface area is 127 Å². The minimum Gasteiger partial charge on any atom is -0.399 e. The highest BCUT2D eigenvalue weighted by Gasteiger charge is 2.26. The highest BCUT2D eigenvalue weighted by Crippen LogP contribution is 2.23. The lowest BCUT2D eigenvalue weighted by atomic mass is 9.98. The molecule has 118 valence electrons. The Bertz CT molecular complexity index is 574. The predicted molar refractivity (Wildman–Crippen MR) is 87.9 cm³/mol. The van der Waals surface area contributed by atoms with E-state index < -0.39 is 10.0 Å². The van der Waals surface area contributed by atoms with Crippen LogP contribution in [0.5, 0.6) is 0 Å². The fraction of sp³-hybridized carbons (Fsp3) is 0.600. The molecule has 5 nitrogen and oxygen atoms in total. The van der Waals surface area contributed by atoms with Gasteiger partial charge >= 0.3 is 0 Å². The lowest BCUT2D eigenvalue weighted by Crippen LogP contribution is -2.43. The number of rotatable bonds is 5.